The van der Waals surface area contributed by atoms with Crippen LogP contribution in [0.15, 0.2) is 71.7 Å². The highest BCUT2D eigenvalue weighted by molar-refractivity contribution is 6.33. The van der Waals surface area contributed by atoms with Gasteiger partial charge in [-0.1, -0.05) is 79.2 Å². The molecule has 26 heavy (non-hydrogen) atoms. The van der Waals surface area contributed by atoms with Gasteiger partial charge in [0.15, 0.2) is 0 Å². The molecule has 0 bridgehead atoms. The standard InChI is InChI=1S/C21H22ClN3O/c1-2-13-24(15-17-9-5-3-6-10-17)19-14-23-25(21(26)20(19)22)16-18-11-7-4-8-12-18/h3-12,14H,2,13,15-16H2,1H3. The number of hydrogen-bond acceptors (Lipinski definition) is 3. The predicted molar refractivity (Wildman–Crippen MR) is 107 cm³/mol. The van der Waals surface area contributed by atoms with Gasteiger partial charge in [-0.05, 0) is 17.5 Å². The van der Waals surface area contributed by atoms with Crippen LogP contribution in [0.25, 0.3) is 0 Å². The Morgan fingerprint density at radius 3 is 2.23 bits per heavy atom. The van der Waals surface area contributed by atoms with E-state index in [2.05, 4.69) is 29.1 Å². The van der Waals surface area contributed by atoms with Crippen molar-refractivity contribution in [2.24, 2.45) is 0 Å². The fourth-order valence-electron chi connectivity index (χ4n) is 2.90. The monoisotopic (exact) mass is 367 g/mol. The van der Waals surface area contributed by atoms with Gasteiger partial charge in [-0.15, -0.1) is 0 Å². The maximum Gasteiger partial charge on any atom is 0.287 e. The number of halogens is 1. The molecule has 0 spiro atoms. The summed E-state index contributed by atoms with van der Waals surface area (Å²) in [6, 6.07) is 19.9. The Hall–Kier alpha value is -2.59. The van der Waals surface area contributed by atoms with E-state index in [1.807, 2.05) is 48.5 Å². The Labute approximate surface area is 158 Å². The number of rotatable bonds is 7. The van der Waals surface area contributed by atoms with E-state index in [1.54, 1.807) is 6.20 Å². The number of aromatic nitrogens is 2. The van der Waals surface area contributed by atoms with E-state index < -0.39 is 0 Å². The first-order chi connectivity index (χ1) is 12.7. The fourth-order valence-corrected chi connectivity index (χ4v) is 3.17. The van der Waals surface area contributed by atoms with E-state index in [1.165, 1.54) is 10.2 Å². The van der Waals surface area contributed by atoms with Gasteiger partial charge in [-0.2, -0.15) is 5.10 Å². The van der Waals surface area contributed by atoms with E-state index in [0.717, 1.165) is 18.5 Å². The zero-order valence-corrected chi connectivity index (χ0v) is 15.6. The van der Waals surface area contributed by atoms with Gasteiger partial charge in [-0.25, -0.2) is 4.68 Å². The molecule has 0 unspecified atom stereocenters. The fraction of sp³-hybridized carbons (Fsp3) is 0.238. The summed E-state index contributed by atoms with van der Waals surface area (Å²) in [5.41, 5.74) is 2.61. The van der Waals surface area contributed by atoms with E-state index in [0.29, 0.717) is 18.8 Å². The minimum absolute atomic E-state index is 0.223. The van der Waals surface area contributed by atoms with Gasteiger partial charge in [0.25, 0.3) is 5.56 Å². The van der Waals surface area contributed by atoms with Crippen molar-refractivity contribution in [3.63, 3.8) is 0 Å². The normalized spacial score (nSPS) is 10.7. The van der Waals surface area contributed by atoms with Gasteiger partial charge in [0.1, 0.15) is 5.02 Å². The molecule has 0 aliphatic rings. The molecule has 0 fully saturated rings. The summed E-state index contributed by atoms with van der Waals surface area (Å²) in [5, 5.41) is 4.58. The summed E-state index contributed by atoms with van der Waals surface area (Å²) in [5.74, 6) is 0. The van der Waals surface area contributed by atoms with Crippen LogP contribution in [-0.4, -0.2) is 16.3 Å². The van der Waals surface area contributed by atoms with Crippen molar-refractivity contribution in [3.8, 4) is 0 Å². The molecule has 0 aliphatic heterocycles. The second kappa shape index (κ2) is 8.68. The van der Waals surface area contributed by atoms with Gasteiger partial charge >= 0.3 is 0 Å². The summed E-state index contributed by atoms with van der Waals surface area (Å²) in [7, 11) is 0. The largest absolute Gasteiger partial charge is 0.365 e. The molecule has 0 amide bonds. The SMILES string of the molecule is CCCN(Cc1ccccc1)c1cnn(Cc2ccccc2)c(=O)c1Cl. The molecule has 3 aromatic rings. The quantitative estimate of drug-likeness (QED) is 0.622. The van der Waals surface area contributed by atoms with Crippen LogP contribution in [0.3, 0.4) is 0 Å². The van der Waals surface area contributed by atoms with Crippen LogP contribution in [0.2, 0.25) is 5.02 Å². The average Bonchev–Trinajstić information content (AvgIpc) is 2.67. The first-order valence-corrected chi connectivity index (χ1v) is 9.15. The second-order valence-electron chi connectivity index (χ2n) is 6.20. The lowest BCUT2D eigenvalue weighted by Gasteiger charge is -2.25. The van der Waals surface area contributed by atoms with Gasteiger partial charge in [0, 0.05) is 13.1 Å². The molecular weight excluding hydrogens is 346 g/mol. The molecule has 4 nitrogen and oxygen atoms in total. The number of anilines is 1. The topological polar surface area (TPSA) is 38.1 Å². The summed E-state index contributed by atoms with van der Waals surface area (Å²) in [6.07, 6.45) is 2.65. The minimum Gasteiger partial charge on any atom is -0.365 e. The van der Waals surface area contributed by atoms with Crippen LogP contribution in [0.1, 0.15) is 24.5 Å². The number of hydrogen-bond donors (Lipinski definition) is 0. The molecule has 0 atom stereocenters. The van der Waals surface area contributed by atoms with Crippen LogP contribution >= 0.6 is 11.6 Å². The van der Waals surface area contributed by atoms with Crippen molar-refractivity contribution in [2.75, 3.05) is 11.4 Å². The van der Waals surface area contributed by atoms with E-state index in [9.17, 15) is 4.79 Å². The maximum absolute atomic E-state index is 12.7. The van der Waals surface area contributed by atoms with Gasteiger partial charge in [-0.3, -0.25) is 4.79 Å². The number of nitrogens with zero attached hydrogens (tertiary/aromatic N) is 3. The lowest BCUT2D eigenvalue weighted by atomic mass is 10.2. The van der Waals surface area contributed by atoms with Crippen LogP contribution in [0.4, 0.5) is 5.69 Å². The van der Waals surface area contributed by atoms with Crippen LogP contribution < -0.4 is 10.5 Å². The molecule has 1 heterocycles. The molecule has 134 valence electrons. The summed E-state index contributed by atoms with van der Waals surface area (Å²) < 4.78 is 1.41. The first-order valence-electron chi connectivity index (χ1n) is 8.77. The Bertz CT molecular complexity index is 894. The zero-order chi connectivity index (χ0) is 18.4. The van der Waals surface area contributed by atoms with E-state index in [4.69, 9.17) is 11.6 Å². The van der Waals surface area contributed by atoms with Crippen molar-refractivity contribution >= 4 is 17.3 Å². The highest BCUT2D eigenvalue weighted by Gasteiger charge is 2.16. The third kappa shape index (κ3) is 4.33. The summed E-state index contributed by atoms with van der Waals surface area (Å²) >= 11 is 6.45. The van der Waals surface area contributed by atoms with Crippen LogP contribution in [0, 0.1) is 0 Å². The molecule has 0 N–H and O–H groups in total. The van der Waals surface area contributed by atoms with Gasteiger partial charge in [0.05, 0.1) is 18.4 Å². The smallest absolute Gasteiger partial charge is 0.287 e. The Morgan fingerprint density at radius 2 is 1.62 bits per heavy atom. The van der Waals surface area contributed by atoms with Crippen molar-refractivity contribution in [2.45, 2.75) is 26.4 Å². The van der Waals surface area contributed by atoms with Gasteiger partial charge < -0.3 is 4.90 Å². The second-order valence-corrected chi connectivity index (χ2v) is 6.58. The van der Waals surface area contributed by atoms with E-state index in [-0.39, 0.29) is 10.6 Å². The Morgan fingerprint density at radius 1 is 1.00 bits per heavy atom. The predicted octanol–water partition coefficient (Wildman–Crippen LogP) is 4.36. The third-order valence-electron chi connectivity index (χ3n) is 4.19. The number of benzene rings is 2. The van der Waals surface area contributed by atoms with Crippen LogP contribution in [0.5, 0.6) is 0 Å². The van der Waals surface area contributed by atoms with Gasteiger partial charge in [0.2, 0.25) is 0 Å². The molecular formula is C21H22ClN3O. The molecule has 1 aromatic heterocycles. The Kier molecular flexibility index (Phi) is 6.08. The average molecular weight is 368 g/mol. The molecule has 5 heteroatoms. The molecule has 0 radical (unpaired) electrons. The molecule has 0 aliphatic carbocycles. The van der Waals surface area contributed by atoms with E-state index >= 15 is 0 Å². The Balaban J connectivity index is 1.88. The van der Waals surface area contributed by atoms with Crippen molar-refractivity contribution in [1.29, 1.82) is 0 Å². The molecule has 2 aromatic carbocycles. The lowest BCUT2D eigenvalue weighted by molar-refractivity contribution is 0.634. The van der Waals surface area contributed by atoms with Crippen LogP contribution in [-0.2, 0) is 13.1 Å². The molecule has 0 saturated carbocycles. The van der Waals surface area contributed by atoms with Crippen molar-refractivity contribution in [3.05, 3.63) is 93.4 Å². The first kappa shape index (κ1) is 18.2. The summed E-state index contributed by atoms with van der Waals surface area (Å²) in [6.45, 7) is 4.01. The van der Waals surface area contributed by atoms with Crippen molar-refractivity contribution in [1.82, 2.24) is 9.78 Å². The molecule has 0 saturated heterocycles. The van der Waals surface area contributed by atoms with Crippen molar-refractivity contribution < 1.29 is 0 Å². The maximum atomic E-state index is 12.7. The highest BCUT2D eigenvalue weighted by Crippen LogP contribution is 2.23. The zero-order valence-electron chi connectivity index (χ0n) is 14.8. The third-order valence-corrected chi connectivity index (χ3v) is 4.55. The lowest BCUT2D eigenvalue weighted by Crippen LogP contribution is -2.30. The summed E-state index contributed by atoms with van der Waals surface area (Å²) in [4.78, 5) is 14.8. The highest BCUT2D eigenvalue weighted by atomic mass is 35.5. The minimum atomic E-state index is -0.262. The molecule has 3 rings (SSSR count).